The quantitative estimate of drug-likeness (QED) is 0.419. The molecule has 3 N–H and O–H groups in total. The van der Waals surface area contributed by atoms with E-state index in [4.69, 9.17) is 9.88 Å². The second kappa shape index (κ2) is 11.1. The molecule has 0 saturated heterocycles. The Morgan fingerprint density at radius 3 is 2.51 bits per heavy atom. The van der Waals surface area contributed by atoms with E-state index in [9.17, 15) is 13.2 Å². The van der Waals surface area contributed by atoms with Gasteiger partial charge in [-0.15, -0.1) is 11.3 Å². The van der Waals surface area contributed by atoms with E-state index in [1.54, 1.807) is 36.3 Å². The number of primary sulfonamides is 1. The molecule has 10 nitrogen and oxygen atoms in total. The Hall–Kier alpha value is -3.06. The van der Waals surface area contributed by atoms with Gasteiger partial charge in [-0.05, 0) is 58.3 Å². The Morgan fingerprint density at radius 2 is 1.91 bits per heavy atom. The number of thiazole rings is 1. The monoisotopic (exact) mass is 518 g/mol. The van der Waals surface area contributed by atoms with Gasteiger partial charge in [-0.1, -0.05) is 0 Å². The average molecular weight is 519 g/mol. The molecular weight excluding hydrogens is 488 g/mol. The van der Waals surface area contributed by atoms with Crippen LogP contribution >= 0.6 is 11.3 Å². The van der Waals surface area contributed by atoms with Gasteiger partial charge in [-0.25, -0.2) is 18.5 Å². The predicted octanol–water partition coefficient (Wildman–Crippen LogP) is 3.02. The number of carbonyl (C=O) groups is 1. The Kier molecular flexibility index (Phi) is 8.43. The van der Waals surface area contributed by atoms with Crippen LogP contribution in [0.1, 0.15) is 24.3 Å². The summed E-state index contributed by atoms with van der Waals surface area (Å²) in [5.41, 5.74) is 2.21. The number of nitrogens with zero attached hydrogens (tertiary/aromatic N) is 4. The van der Waals surface area contributed by atoms with Crippen LogP contribution in [0.25, 0.3) is 11.3 Å². The van der Waals surface area contributed by atoms with Crippen molar-refractivity contribution in [1.29, 1.82) is 0 Å². The molecule has 1 amide bonds. The zero-order chi connectivity index (χ0) is 25.8. The number of likely N-dealkylation sites (N-methyl/N-ethyl adjacent to an activating group) is 2. The molecule has 1 aromatic carbocycles. The number of benzene rings is 1. The SMILES string of the molecule is CC(C)Oc1ccc(S(N)(=O)=O)cc1Nc1nc(-c2ccc(C(=O)N(C)CCN(C)C)nc2)cs1. The van der Waals surface area contributed by atoms with E-state index in [-0.39, 0.29) is 16.9 Å². The first-order valence-corrected chi connectivity index (χ1v) is 13.3. The molecule has 35 heavy (non-hydrogen) atoms. The molecule has 0 radical (unpaired) electrons. The summed E-state index contributed by atoms with van der Waals surface area (Å²) in [5, 5.41) is 10.8. The van der Waals surface area contributed by atoms with E-state index in [0.29, 0.717) is 34.5 Å². The highest BCUT2D eigenvalue weighted by Gasteiger charge is 2.16. The smallest absolute Gasteiger partial charge is 0.272 e. The number of ether oxygens (including phenoxy) is 1. The van der Waals surface area contributed by atoms with E-state index in [1.807, 2.05) is 38.2 Å². The maximum atomic E-state index is 12.6. The van der Waals surface area contributed by atoms with Gasteiger partial charge in [0.1, 0.15) is 11.4 Å². The van der Waals surface area contributed by atoms with E-state index in [1.165, 1.54) is 23.5 Å². The van der Waals surface area contributed by atoms with Crippen molar-refractivity contribution in [2.75, 3.05) is 39.5 Å². The number of rotatable bonds is 10. The highest BCUT2D eigenvalue weighted by Crippen LogP contribution is 2.33. The average Bonchev–Trinajstić information content (AvgIpc) is 3.25. The van der Waals surface area contributed by atoms with Gasteiger partial charge in [0.05, 0.1) is 22.4 Å². The van der Waals surface area contributed by atoms with Crippen molar-refractivity contribution in [2.45, 2.75) is 24.8 Å². The molecule has 188 valence electrons. The number of sulfonamides is 1. The fraction of sp³-hybridized carbons (Fsp3) is 0.348. The Morgan fingerprint density at radius 1 is 1.17 bits per heavy atom. The van der Waals surface area contributed by atoms with Gasteiger partial charge >= 0.3 is 0 Å². The summed E-state index contributed by atoms with van der Waals surface area (Å²) >= 11 is 1.34. The van der Waals surface area contributed by atoms with E-state index < -0.39 is 10.0 Å². The number of nitrogens with two attached hydrogens (primary N) is 1. The third-order valence-electron chi connectivity index (χ3n) is 4.90. The van der Waals surface area contributed by atoms with Crippen molar-refractivity contribution in [2.24, 2.45) is 5.14 Å². The molecule has 3 rings (SSSR count). The van der Waals surface area contributed by atoms with Gasteiger partial charge in [0.25, 0.3) is 5.91 Å². The minimum absolute atomic E-state index is 0.0344. The van der Waals surface area contributed by atoms with Crippen LogP contribution < -0.4 is 15.2 Å². The highest BCUT2D eigenvalue weighted by atomic mass is 32.2. The Balaban J connectivity index is 1.78. The molecule has 0 bridgehead atoms. The van der Waals surface area contributed by atoms with Crippen LogP contribution in [0.15, 0.2) is 46.8 Å². The summed E-state index contributed by atoms with van der Waals surface area (Å²) in [6.07, 6.45) is 1.50. The number of aromatic nitrogens is 2. The molecule has 3 aromatic rings. The number of anilines is 2. The summed E-state index contributed by atoms with van der Waals surface area (Å²) in [6.45, 7) is 5.12. The topological polar surface area (TPSA) is 131 Å². The van der Waals surface area contributed by atoms with Gasteiger partial charge in [0, 0.05) is 37.3 Å². The minimum atomic E-state index is -3.88. The van der Waals surface area contributed by atoms with Crippen LogP contribution in [-0.2, 0) is 10.0 Å². The fourth-order valence-electron chi connectivity index (χ4n) is 3.04. The number of nitrogens with one attached hydrogen (secondary N) is 1. The predicted molar refractivity (Wildman–Crippen MR) is 138 cm³/mol. The molecule has 12 heteroatoms. The summed E-state index contributed by atoms with van der Waals surface area (Å²) in [5.74, 6) is 0.332. The number of pyridine rings is 1. The molecule has 0 aliphatic carbocycles. The van der Waals surface area contributed by atoms with Gasteiger partial charge in [-0.3, -0.25) is 9.78 Å². The van der Waals surface area contributed by atoms with E-state index in [2.05, 4.69) is 15.3 Å². The summed E-state index contributed by atoms with van der Waals surface area (Å²) in [6, 6.07) is 7.86. The third kappa shape index (κ3) is 7.21. The minimum Gasteiger partial charge on any atom is -0.489 e. The van der Waals surface area contributed by atoms with E-state index in [0.717, 1.165) is 12.1 Å². The largest absolute Gasteiger partial charge is 0.489 e. The van der Waals surface area contributed by atoms with Crippen LogP contribution in [0, 0.1) is 0 Å². The zero-order valence-corrected chi connectivity index (χ0v) is 22.0. The lowest BCUT2D eigenvalue weighted by Crippen LogP contribution is -2.33. The van der Waals surface area contributed by atoms with Crippen molar-refractivity contribution in [3.8, 4) is 17.0 Å². The lowest BCUT2D eigenvalue weighted by Gasteiger charge is -2.19. The second-order valence-corrected chi connectivity index (χ2v) is 10.9. The molecule has 0 atom stereocenters. The Bertz CT molecular complexity index is 1270. The Labute approximate surface area is 209 Å². The van der Waals surface area contributed by atoms with Crippen molar-refractivity contribution in [3.05, 3.63) is 47.6 Å². The van der Waals surface area contributed by atoms with Crippen LogP contribution in [-0.4, -0.2) is 74.4 Å². The molecule has 2 heterocycles. The normalized spacial score (nSPS) is 11.7. The van der Waals surface area contributed by atoms with Gasteiger partial charge in [0.2, 0.25) is 10.0 Å². The summed E-state index contributed by atoms with van der Waals surface area (Å²) in [7, 11) is 1.78. The first-order chi connectivity index (χ1) is 16.4. The van der Waals surface area contributed by atoms with Crippen LogP contribution in [0.3, 0.4) is 0 Å². The van der Waals surface area contributed by atoms with Crippen LogP contribution in [0.4, 0.5) is 10.8 Å². The molecule has 0 aliphatic rings. The summed E-state index contributed by atoms with van der Waals surface area (Å²) < 4.78 is 29.4. The van der Waals surface area contributed by atoms with Crippen LogP contribution in [0.2, 0.25) is 0 Å². The molecule has 2 aromatic heterocycles. The maximum Gasteiger partial charge on any atom is 0.272 e. The standard InChI is InChI=1S/C23H30N6O4S2/c1-15(2)33-21-9-7-17(35(24,31)32)12-19(21)26-23-27-20(14-34-23)16-6-8-18(25-13-16)22(30)29(5)11-10-28(3)4/h6-9,12-15H,10-11H2,1-5H3,(H,26,27)(H2,24,31,32). The van der Waals surface area contributed by atoms with Gasteiger partial charge in [0.15, 0.2) is 5.13 Å². The first kappa shape index (κ1) is 26.5. The van der Waals surface area contributed by atoms with Crippen molar-refractivity contribution < 1.29 is 17.9 Å². The molecule has 0 spiro atoms. The molecule has 0 aliphatic heterocycles. The molecule has 0 fully saturated rings. The number of carbonyl (C=O) groups excluding carboxylic acids is 1. The maximum absolute atomic E-state index is 12.6. The lowest BCUT2D eigenvalue weighted by molar-refractivity contribution is 0.0780. The highest BCUT2D eigenvalue weighted by molar-refractivity contribution is 7.89. The van der Waals surface area contributed by atoms with Crippen molar-refractivity contribution >= 4 is 38.1 Å². The van der Waals surface area contributed by atoms with Crippen molar-refractivity contribution in [3.63, 3.8) is 0 Å². The number of hydrogen-bond acceptors (Lipinski definition) is 9. The molecule has 0 unspecified atom stereocenters. The number of hydrogen-bond donors (Lipinski definition) is 2. The first-order valence-electron chi connectivity index (χ1n) is 10.9. The fourth-order valence-corrected chi connectivity index (χ4v) is 4.31. The summed E-state index contributed by atoms with van der Waals surface area (Å²) in [4.78, 5) is 25.1. The van der Waals surface area contributed by atoms with Gasteiger partial charge < -0.3 is 19.9 Å². The lowest BCUT2D eigenvalue weighted by atomic mass is 10.2. The van der Waals surface area contributed by atoms with Gasteiger partial charge in [-0.2, -0.15) is 0 Å². The zero-order valence-electron chi connectivity index (χ0n) is 20.3. The molecular formula is C23H30N6O4S2. The second-order valence-electron chi connectivity index (χ2n) is 8.49. The van der Waals surface area contributed by atoms with E-state index >= 15 is 0 Å². The third-order valence-corrected chi connectivity index (χ3v) is 6.56. The van der Waals surface area contributed by atoms with Crippen molar-refractivity contribution in [1.82, 2.24) is 19.8 Å². The van der Waals surface area contributed by atoms with Crippen LogP contribution in [0.5, 0.6) is 5.75 Å². The number of amides is 1. The molecule has 0 saturated carbocycles.